The van der Waals surface area contributed by atoms with Gasteiger partial charge in [0, 0.05) is 0 Å². The standard InChI is InChI=1S/C16H10Cl2N2O2/c17-11-5-1-3-9(14(11)18)7-8-13-19-12-6-2-4-10(16(21)22)15(12)20-13/h1-8H,(H,19,20)(H,21,22). The summed E-state index contributed by atoms with van der Waals surface area (Å²) in [7, 11) is 0. The number of imidazole rings is 1. The van der Waals surface area contributed by atoms with Crippen LogP contribution in [0.3, 0.4) is 0 Å². The molecule has 3 rings (SSSR count). The molecule has 2 aromatic carbocycles. The zero-order chi connectivity index (χ0) is 15.7. The molecule has 2 N–H and O–H groups in total. The largest absolute Gasteiger partial charge is 0.478 e. The molecule has 4 nitrogen and oxygen atoms in total. The Labute approximate surface area is 136 Å². The zero-order valence-electron chi connectivity index (χ0n) is 11.2. The molecule has 0 aliphatic rings. The maximum absolute atomic E-state index is 11.2. The van der Waals surface area contributed by atoms with Crippen molar-refractivity contribution in [2.75, 3.05) is 0 Å². The fourth-order valence-electron chi connectivity index (χ4n) is 2.12. The number of carboxylic acid groups (broad SMARTS) is 1. The molecular weight excluding hydrogens is 323 g/mol. The Bertz CT molecular complexity index is 900. The van der Waals surface area contributed by atoms with Gasteiger partial charge in [-0.25, -0.2) is 9.78 Å². The summed E-state index contributed by atoms with van der Waals surface area (Å²) in [5.74, 6) is -0.467. The Balaban J connectivity index is 2.01. The van der Waals surface area contributed by atoms with Gasteiger partial charge in [0.1, 0.15) is 11.3 Å². The molecule has 110 valence electrons. The van der Waals surface area contributed by atoms with Gasteiger partial charge in [-0.05, 0) is 35.9 Å². The van der Waals surface area contributed by atoms with Crippen LogP contribution in [0.1, 0.15) is 21.7 Å². The van der Waals surface area contributed by atoms with E-state index in [9.17, 15) is 4.79 Å². The van der Waals surface area contributed by atoms with Crippen molar-refractivity contribution < 1.29 is 9.90 Å². The molecule has 0 fully saturated rings. The predicted molar refractivity (Wildman–Crippen MR) is 88.4 cm³/mol. The van der Waals surface area contributed by atoms with Crippen molar-refractivity contribution in [3.05, 3.63) is 63.4 Å². The third-order valence-corrected chi connectivity index (χ3v) is 4.00. The van der Waals surface area contributed by atoms with E-state index < -0.39 is 5.97 Å². The second-order valence-corrected chi connectivity index (χ2v) is 5.39. The highest BCUT2D eigenvalue weighted by Crippen LogP contribution is 2.27. The second-order valence-electron chi connectivity index (χ2n) is 4.61. The number of aromatic amines is 1. The van der Waals surface area contributed by atoms with Crippen LogP contribution in [0.5, 0.6) is 0 Å². The Morgan fingerprint density at radius 2 is 1.91 bits per heavy atom. The van der Waals surface area contributed by atoms with E-state index in [4.69, 9.17) is 28.3 Å². The number of benzene rings is 2. The van der Waals surface area contributed by atoms with Gasteiger partial charge in [-0.1, -0.05) is 41.4 Å². The number of nitrogens with zero attached hydrogens (tertiary/aromatic N) is 1. The third kappa shape index (κ3) is 2.71. The highest BCUT2D eigenvalue weighted by Gasteiger charge is 2.11. The van der Waals surface area contributed by atoms with Crippen molar-refractivity contribution in [1.29, 1.82) is 0 Å². The molecule has 3 aromatic rings. The number of hydrogen-bond donors (Lipinski definition) is 2. The van der Waals surface area contributed by atoms with E-state index in [1.807, 2.05) is 6.07 Å². The van der Waals surface area contributed by atoms with Gasteiger partial charge in [-0.15, -0.1) is 0 Å². The SMILES string of the molecule is O=C(O)c1cccc2[nH]c(C=Cc3cccc(Cl)c3Cl)nc12. The van der Waals surface area contributed by atoms with E-state index >= 15 is 0 Å². The maximum atomic E-state index is 11.2. The van der Waals surface area contributed by atoms with Crippen LogP contribution in [-0.2, 0) is 0 Å². The smallest absolute Gasteiger partial charge is 0.337 e. The van der Waals surface area contributed by atoms with Crippen molar-refractivity contribution in [2.24, 2.45) is 0 Å². The lowest BCUT2D eigenvalue weighted by Crippen LogP contribution is -1.96. The highest BCUT2D eigenvalue weighted by atomic mass is 35.5. The van der Waals surface area contributed by atoms with Gasteiger partial charge in [0.2, 0.25) is 0 Å². The minimum Gasteiger partial charge on any atom is -0.478 e. The second kappa shape index (κ2) is 5.83. The number of para-hydroxylation sites is 1. The number of rotatable bonds is 3. The molecule has 1 heterocycles. The fourth-order valence-corrected chi connectivity index (χ4v) is 2.49. The Morgan fingerprint density at radius 3 is 2.68 bits per heavy atom. The quantitative estimate of drug-likeness (QED) is 0.728. The molecule has 0 aliphatic carbocycles. The van der Waals surface area contributed by atoms with Gasteiger partial charge in [-0.3, -0.25) is 0 Å². The van der Waals surface area contributed by atoms with Crippen LogP contribution in [-0.4, -0.2) is 21.0 Å². The van der Waals surface area contributed by atoms with Crippen LogP contribution < -0.4 is 0 Å². The number of H-pyrrole nitrogens is 1. The van der Waals surface area contributed by atoms with E-state index in [0.717, 1.165) is 5.56 Å². The first-order valence-electron chi connectivity index (χ1n) is 6.40. The molecule has 0 amide bonds. The van der Waals surface area contributed by atoms with Crippen molar-refractivity contribution in [1.82, 2.24) is 9.97 Å². The lowest BCUT2D eigenvalue weighted by atomic mass is 10.2. The first-order chi connectivity index (χ1) is 10.6. The Hall–Kier alpha value is -2.30. The Kier molecular flexibility index (Phi) is 3.88. The minimum absolute atomic E-state index is 0.161. The topological polar surface area (TPSA) is 66.0 Å². The summed E-state index contributed by atoms with van der Waals surface area (Å²) in [4.78, 5) is 18.5. The molecule has 0 bridgehead atoms. The molecule has 0 unspecified atom stereocenters. The molecular formula is C16H10Cl2N2O2. The van der Waals surface area contributed by atoms with Crippen LogP contribution in [0.2, 0.25) is 10.0 Å². The zero-order valence-corrected chi connectivity index (χ0v) is 12.7. The van der Waals surface area contributed by atoms with Gasteiger partial charge in [-0.2, -0.15) is 0 Å². The van der Waals surface area contributed by atoms with Crippen LogP contribution in [0, 0.1) is 0 Å². The predicted octanol–water partition coefficient (Wildman–Crippen LogP) is 4.74. The molecule has 0 saturated heterocycles. The normalized spacial score (nSPS) is 11.4. The monoisotopic (exact) mass is 332 g/mol. The summed E-state index contributed by atoms with van der Waals surface area (Å²) in [5, 5.41) is 10.1. The van der Waals surface area contributed by atoms with Crippen LogP contribution in [0.25, 0.3) is 23.2 Å². The number of aromatic nitrogens is 2. The molecule has 1 aromatic heterocycles. The van der Waals surface area contributed by atoms with E-state index in [-0.39, 0.29) is 5.56 Å². The minimum atomic E-state index is -1.01. The lowest BCUT2D eigenvalue weighted by molar-refractivity contribution is 0.0699. The van der Waals surface area contributed by atoms with E-state index in [1.165, 1.54) is 6.07 Å². The number of hydrogen-bond acceptors (Lipinski definition) is 2. The summed E-state index contributed by atoms with van der Waals surface area (Å²) in [6.07, 6.45) is 3.50. The van der Waals surface area contributed by atoms with Gasteiger partial charge in [0.05, 0.1) is 21.1 Å². The first kappa shape index (κ1) is 14.6. The van der Waals surface area contributed by atoms with E-state index in [2.05, 4.69) is 9.97 Å². The average molecular weight is 333 g/mol. The summed E-state index contributed by atoms with van der Waals surface area (Å²) in [6.45, 7) is 0. The molecule has 0 aliphatic heterocycles. The van der Waals surface area contributed by atoms with Gasteiger partial charge in [0.15, 0.2) is 0 Å². The molecule has 0 atom stereocenters. The summed E-state index contributed by atoms with van der Waals surface area (Å²) < 4.78 is 0. The lowest BCUT2D eigenvalue weighted by Gasteiger charge is -1.99. The van der Waals surface area contributed by atoms with Crippen molar-refractivity contribution in [3.63, 3.8) is 0 Å². The summed E-state index contributed by atoms with van der Waals surface area (Å²) in [6, 6.07) is 10.3. The van der Waals surface area contributed by atoms with Crippen molar-refractivity contribution in [3.8, 4) is 0 Å². The molecule has 22 heavy (non-hydrogen) atoms. The van der Waals surface area contributed by atoms with Crippen LogP contribution in [0.4, 0.5) is 0 Å². The maximum Gasteiger partial charge on any atom is 0.337 e. The number of carbonyl (C=O) groups is 1. The summed E-state index contributed by atoms with van der Waals surface area (Å²) >= 11 is 12.1. The molecule has 0 saturated carbocycles. The van der Waals surface area contributed by atoms with Crippen molar-refractivity contribution >= 4 is 52.4 Å². The van der Waals surface area contributed by atoms with Crippen LogP contribution in [0.15, 0.2) is 36.4 Å². The van der Waals surface area contributed by atoms with Gasteiger partial charge in [0.25, 0.3) is 0 Å². The van der Waals surface area contributed by atoms with Crippen LogP contribution >= 0.6 is 23.2 Å². The number of nitrogens with one attached hydrogen (secondary N) is 1. The average Bonchev–Trinajstić information content (AvgIpc) is 2.91. The summed E-state index contributed by atoms with van der Waals surface area (Å²) in [5.41, 5.74) is 2.01. The van der Waals surface area contributed by atoms with E-state index in [0.29, 0.717) is 26.9 Å². The molecule has 6 heteroatoms. The number of halogens is 2. The number of fused-ring (bicyclic) bond motifs is 1. The highest BCUT2D eigenvalue weighted by molar-refractivity contribution is 6.42. The van der Waals surface area contributed by atoms with Crippen molar-refractivity contribution in [2.45, 2.75) is 0 Å². The third-order valence-electron chi connectivity index (χ3n) is 3.16. The number of carboxylic acids is 1. The molecule has 0 radical (unpaired) electrons. The Morgan fingerprint density at radius 1 is 1.14 bits per heavy atom. The molecule has 0 spiro atoms. The number of aromatic carboxylic acids is 1. The van der Waals surface area contributed by atoms with Gasteiger partial charge >= 0.3 is 5.97 Å². The first-order valence-corrected chi connectivity index (χ1v) is 7.16. The van der Waals surface area contributed by atoms with Gasteiger partial charge < -0.3 is 10.1 Å². The fraction of sp³-hybridized carbons (Fsp3) is 0. The van der Waals surface area contributed by atoms with E-state index in [1.54, 1.807) is 36.4 Å².